The Labute approximate surface area is 200 Å². The summed E-state index contributed by atoms with van der Waals surface area (Å²) >= 11 is 1.00. The highest BCUT2D eigenvalue weighted by Gasteiger charge is 2.45. The maximum Gasteiger partial charge on any atom is 0.287 e. The van der Waals surface area contributed by atoms with Crippen molar-refractivity contribution in [3.8, 4) is 0 Å². The topological polar surface area (TPSA) is 142 Å². The third kappa shape index (κ3) is 4.89. The molecule has 182 valence electrons. The lowest BCUT2D eigenvalue weighted by atomic mass is 9.86. The first-order chi connectivity index (χ1) is 15.9. The minimum atomic E-state index is -4.30. The lowest BCUT2D eigenvalue weighted by Crippen LogP contribution is -2.54. The van der Waals surface area contributed by atoms with Gasteiger partial charge in [0.2, 0.25) is 15.9 Å². The van der Waals surface area contributed by atoms with Crippen LogP contribution in [0.2, 0.25) is 0 Å². The average Bonchev–Trinajstić information content (AvgIpc) is 3.15. The van der Waals surface area contributed by atoms with Crippen LogP contribution in [0.15, 0.2) is 38.9 Å². The summed E-state index contributed by atoms with van der Waals surface area (Å²) in [5.74, 6) is -3.78. The van der Waals surface area contributed by atoms with Crippen molar-refractivity contribution < 1.29 is 30.8 Å². The number of fused-ring (bicyclic) bond motifs is 1. The largest absolute Gasteiger partial charge is 0.337 e. The van der Waals surface area contributed by atoms with Crippen molar-refractivity contribution in [3.05, 3.63) is 46.6 Å². The van der Waals surface area contributed by atoms with E-state index in [0.29, 0.717) is 5.56 Å². The molecule has 10 nitrogen and oxygen atoms in total. The van der Waals surface area contributed by atoms with E-state index in [1.807, 2.05) is 0 Å². The summed E-state index contributed by atoms with van der Waals surface area (Å²) in [5, 5.41) is 4.43. The molecule has 0 bridgehead atoms. The number of thiophene rings is 1. The van der Waals surface area contributed by atoms with E-state index < -0.39 is 49.4 Å². The van der Waals surface area contributed by atoms with Crippen LogP contribution in [0.1, 0.15) is 18.1 Å². The fourth-order valence-electron chi connectivity index (χ4n) is 3.83. The summed E-state index contributed by atoms with van der Waals surface area (Å²) in [6, 6.07) is 5.60. The lowest BCUT2D eigenvalue weighted by molar-refractivity contribution is -0.146. The number of benzene rings is 1. The molecule has 14 heteroatoms. The highest BCUT2D eigenvalue weighted by Crippen LogP contribution is 2.38. The van der Waals surface area contributed by atoms with Gasteiger partial charge in [0.25, 0.3) is 10.0 Å². The van der Waals surface area contributed by atoms with Crippen LogP contribution < -0.4 is 10.0 Å². The molecule has 0 radical (unpaired) electrons. The highest BCUT2D eigenvalue weighted by molar-refractivity contribution is 7.91. The van der Waals surface area contributed by atoms with Crippen molar-refractivity contribution >= 4 is 53.9 Å². The van der Waals surface area contributed by atoms with Gasteiger partial charge < -0.3 is 10.2 Å². The molecule has 0 saturated carbocycles. The van der Waals surface area contributed by atoms with Gasteiger partial charge in [-0.1, -0.05) is 19.1 Å². The third-order valence-corrected chi connectivity index (χ3v) is 8.60. The number of piperidine rings is 1. The number of rotatable bonds is 6. The molecule has 1 saturated heterocycles. The Hall–Kier alpha value is -2.68. The first-order valence-corrected chi connectivity index (χ1v) is 14.3. The Morgan fingerprint density at radius 3 is 2.59 bits per heavy atom. The summed E-state index contributed by atoms with van der Waals surface area (Å²) in [5.41, 5.74) is 0.859. The van der Waals surface area contributed by atoms with E-state index in [1.54, 1.807) is 6.92 Å². The lowest BCUT2D eigenvalue weighted by Gasteiger charge is -2.36. The van der Waals surface area contributed by atoms with Crippen LogP contribution in [0, 0.1) is 17.7 Å². The van der Waals surface area contributed by atoms with Crippen LogP contribution >= 0.6 is 11.3 Å². The number of likely N-dealkylation sites (tertiary alicyclic amines) is 1. The maximum atomic E-state index is 13.2. The minimum absolute atomic E-state index is 0.124. The fourth-order valence-corrected chi connectivity index (χ4v) is 6.89. The fraction of sp³-hybridized carbons (Fsp3) is 0.350. The monoisotopic (exact) mass is 528 g/mol. The second-order valence-corrected chi connectivity index (χ2v) is 12.4. The van der Waals surface area contributed by atoms with Crippen molar-refractivity contribution in [1.29, 1.82) is 0 Å². The molecule has 1 aromatic heterocycles. The van der Waals surface area contributed by atoms with Crippen molar-refractivity contribution in [2.45, 2.75) is 24.9 Å². The zero-order valence-corrected chi connectivity index (χ0v) is 20.6. The van der Waals surface area contributed by atoms with E-state index in [4.69, 9.17) is 0 Å². The summed E-state index contributed by atoms with van der Waals surface area (Å²) in [7, 11) is -7.86. The van der Waals surface area contributed by atoms with Crippen LogP contribution in [0.3, 0.4) is 0 Å². The number of anilines is 1. The molecular formula is C20H21FN4O6S3. The molecule has 2 aliphatic rings. The number of hydrogen-bond acceptors (Lipinski definition) is 8. The molecular weight excluding hydrogens is 507 g/mol. The van der Waals surface area contributed by atoms with Gasteiger partial charge in [0, 0.05) is 31.1 Å². The minimum Gasteiger partial charge on any atom is -0.337 e. The molecule has 1 aromatic carbocycles. The van der Waals surface area contributed by atoms with Crippen LogP contribution in [0.25, 0.3) is 0 Å². The average molecular weight is 529 g/mol. The molecule has 0 spiro atoms. The van der Waals surface area contributed by atoms with Crippen LogP contribution in [-0.4, -0.2) is 52.1 Å². The maximum absolute atomic E-state index is 13.2. The van der Waals surface area contributed by atoms with Gasteiger partial charge in [-0.2, -0.15) is 8.42 Å². The molecule has 3 heterocycles. The number of nitrogens with zero attached hydrogens (tertiary/aromatic N) is 2. The van der Waals surface area contributed by atoms with Crippen molar-refractivity contribution in [2.75, 3.05) is 18.1 Å². The van der Waals surface area contributed by atoms with Gasteiger partial charge in [-0.3, -0.25) is 9.59 Å². The third-order valence-electron chi connectivity index (χ3n) is 5.44. The Bertz CT molecular complexity index is 1400. The first kappa shape index (κ1) is 24.4. The predicted octanol–water partition coefficient (Wildman–Crippen LogP) is 1.31. The number of carbonyl (C=O) groups is 2. The molecule has 2 aliphatic heterocycles. The van der Waals surface area contributed by atoms with Gasteiger partial charge in [0.1, 0.15) is 21.5 Å². The Morgan fingerprint density at radius 2 is 1.94 bits per heavy atom. The first-order valence-electron chi connectivity index (χ1n) is 10.1. The number of sulfonamides is 2. The van der Waals surface area contributed by atoms with E-state index in [-0.39, 0.29) is 40.9 Å². The van der Waals surface area contributed by atoms with Crippen molar-refractivity contribution in [1.82, 2.24) is 9.62 Å². The summed E-state index contributed by atoms with van der Waals surface area (Å²) in [6.45, 7) is 1.65. The van der Waals surface area contributed by atoms with E-state index in [2.05, 4.69) is 14.4 Å². The molecule has 1 amide bonds. The van der Waals surface area contributed by atoms with E-state index in [0.717, 1.165) is 17.6 Å². The second-order valence-electron chi connectivity index (χ2n) is 8.17. The molecule has 4 rings (SSSR count). The summed E-state index contributed by atoms with van der Waals surface area (Å²) < 4.78 is 67.9. The van der Waals surface area contributed by atoms with Crippen molar-refractivity contribution in [3.63, 3.8) is 0 Å². The van der Waals surface area contributed by atoms with E-state index >= 15 is 0 Å². The SMILES string of the molecule is CC1CN(Cc2ccc(F)cc2)C(=O)C(C2=NS(=O)(=O)c3c(CNS(C)(=O)=O)csc3N2)C1=O. The summed E-state index contributed by atoms with van der Waals surface area (Å²) in [4.78, 5) is 27.4. The molecule has 2 N–H and O–H groups in total. The van der Waals surface area contributed by atoms with Crippen LogP contribution in [-0.2, 0) is 42.7 Å². The molecule has 1 fully saturated rings. The normalized spacial score (nSPS) is 22.2. The van der Waals surface area contributed by atoms with Gasteiger partial charge in [-0.05, 0) is 23.1 Å². The number of Topliss-reactive ketones (excluding diaryl/α,β-unsaturated/α-hetero) is 1. The number of carbonyl (C=O) groups excluding carboxylic acids is 2. The smallest absolute Gasteiger partial charge is 0.287 e. The number of ketones is 1. The summed E-state index contributed by atoms with van der Waals surface area (Å²) in [6.07, 6.45) is 0.952. The van der Waals surface area contributed by atoms with Gasteiger partial charge in [0.15, 0.2) is 11.7 Å². The molecule has 2 atom stereocenters. The number of amides is 1. The molecule has 2 unspecified atom stereocenters. The van der Waals surface area contributed by atoms with Crippen LogP contribution in [0.4, 0.5) is 9.39 Å². The Morgan fingerprint density at radius 1 is 1.26 bits per heavy atom. The van der Waals surface area contributed by atoms with Gasteiger partial charge in [-0.15, -0.1) is 15.7 Å². The van der Waals surface area contributed by atoms with E-state index in [1.165, 1.54) is 34.5 Å². The standard InChI is InChI=1S/C20H21FN4O6S3/c1-11-8-25(9-12-3-5-14(21)6-4-12)20(27)15(16(11)26)18-23-19-17(34(30,31)24-18)13(10-32-19)7-22-33(2,28)29/h3-6,10-11,15,22H,7-9H2,1-2H3,(H,23,24). The number of amidine groups is 1. The van der Waals surface area contributed by atoms with Gasteiger partial charge >= 0.3 is 0 Å². The number of hydrogen-bond donors (Lipinski definition) is 2. The molecule has 0 aliphatic carbocycles. The second kappa shape index (κ2) is 8.83. The van der Waals surface area contributed by atoms with Gasteiger partial charge in [-0.25, -0.2) is 17.5 Å². The van der Waals surface area contributed by atoms with Crippen molar-refractivity contribution in [2.24, 2.45) is 16.2 Å². The van der Waals surface area contributed by atoms with Gasteiger partial charge in [0.05, 0.1) is 6.26 Å². The Kier molecular flexibility index (Phi) is 6.35. The zero-order valence-electron chi connectivity index (χ0n) is 18.1. The number of halogens is 1. The highest BCUT2D eigenvalue weighted by atomic mass is 32.2. The zero-order chi connectivity index (χ0) is 24.8. The molecule has 2 aromatic rings. The number of nitrogens with one attached hydrogen (secondary N) is 2. The molecule has 34 heavy (non-hydrogen) atoms. The van der Waals surface area contributed by atoms with E-state index in [9.17, 15) is 30.8 Å². The predicted molar refractivity (Wildman–Crippen MR) is 124 cm³/mol. The quantitative estimate of drug-likeness (QED) is 0.539. The van der Waals surface area contributed by atoms with Crippen LogP contribution in [0.5, 0.6) is 0 Å². The Balaban J connectivity index is 1.63.